The van der Waals surface area contributed by atoms with Crippen molar-refractivity contribution in [2.24, 2.45) is 0 Å². The standard InChI is InChI=1S/C13H10BrF3S/c14-12(7-9-5-6-18-8-9)10-3-1-2-4-11(10)13(15,16)17/h1-6,8,12H,7H2. The SMILES string of the molecule is FC(F)(F)c1ccccc1C(Br)Cc1ccsc1. The van der Waals surface area contributed by atoms with Gasteiger partial charge in [0.1, 0.15) is 0 Å². The number of hydrogen-bond donors (Lipinski definition) is 0. The molecular weight excluding hydrogens is 325 g/mol. The van der Waals surface area contributed by atoms with Crippen LogP contribution >= 0.6 is 27.3 Å². The molecule has 0 spiro atoms. The van der Waals surface area contributed by atoms with Crippen molar-refractivity contribution < 1.29 is 13.2 Å². The lowest BCUT2D eigenvalue weighted by Gasteiger charge is -2.16. The van der Waals surface area contributed by atoms with E-state index in [1.165, 1.54) is 12.1 Å². The summed E-state index contributed by atoms with van der Waals surface area (Å²) < 4.78 is 38.6. The molecule has 0 bridgehead atoms. The minimum atomic E-state index is -4.31. The zero-order valence-electron chi connectivity index (χ0n) is 9.25. The molecule has 0 aliphatic rings. The van der Waals surface area contributed by atoms with Crippen molar-refractivity contribution in [3.05, 3.63) is 57.8 Å². The molecule has 2 aromatic rings. The van der Waals surface area contributed by atoms with Crippen LogP contribution in [0.25, 0.3) is 0 Å². The lowest BCUT2D eigenvalue weighted by atomic mass is 10.0. The van der Waals surface area contributed by atoms with Gasteiger partial charge in [0.2, 0.25) is 0 Å². The van der Waals surface area contributed by atoms with Crippen molar-refractivity contribution in [3.8, 4) is 0 Å². The second kappa shape index (κ2) is 5.45. The molecule has 0 aliphatic carbocycles. The first-order valence-corrected chi connectivity index (χ1v) is 7.15. The molecule has 0 nitrogen and oxygen atoms in total. The van der Waals surface area contributed by atoms with Crippen LogP contribution in [0.2, 0.25) is 0 Å². The van der Waals surface area contributed by atoms with Gasteiger partial charge in [0, 0.05) is 4.83 Å². The number of halogens is 4. The molecule has 0 saturated heterocycles. The van der Waals surface area contributed by atoms with E-state index in [9.17, 15) is 13.2 Å². The van der Waals surface area contributed by atoms with Gasteiger partial charge in [-0.25, -0.2) is 0 Å². The number of benzene rings is 1. The highest BCUT2D eigenvalue weighted by Gasteiger charge is 2.34. The predicted molar refractivity (Wildman–Crippen MR) is 71.1 cm³/mol. The minimum absolute atomic E-state index is 0.288. The number of hydrogen-bond acceptors (Lipinski definition) is 1. The Hall–Kier alpha value is -0.810. The number of rotatable bonds is 3. The van der Waals surface area contributed by atoms with E-state index < -0.39 is 11.7 Å². The van der Waals surface area contributed by atoms with E-state index in [-0.39, 0.29) is 10.4 Å². The summed E-state index contributed by atoms with van der Waals surface area (Å²) >= 11 is 4.90. The fourth-order valence-corrected chi connectivity index (χ4v) is 3.21. The summed E-state index contributed by atoms with van der Waals surface area (Å²) in [6.45, 7) is 0. The van der Waals surface area contributed by atoms with Crippen molar-refractivity contribution in [1.29, 1.82) is 0 Å². The Morgan fingerprint density at radius 2 is 1.89 bits per heavy atom. The predicted octanol–water partition coefficient (Wildman–Crippen LogP) is 5.45. The summed E-state index contributed by atoms with van der Waals surface area (Å²) in [5.74, 6) is 0. The molecule has 1 aromatic heterocycles. The van der Waals surface area contributed by atoms with Crippen LogP contribution in [0, 0.1) is 0 Å². The average Bonchev–Trinajstić information content (AvgIpc) is 2.80. The van der Waals surface area contributed by atoms with Gasteiger partial charge in [-0.05, 0) is 40.4 Å². The fourth-order valence-electron chi connectivity index (χ4n) is 1.75. The first-order valence-electron chi connectivity index (χ1n) is 5.30. The van der Waals surface area contributed by atoms with Crippen LogP contribution in [0.1, 0.15) is 21.5 Å². The van der Waals surface area contributed by atoms with Gasteiger partial charge in [0.05, 0.1) is 5.56 Å². The Morgan fingerprint density at radius 3 is 2.50 bits per heavy atom. The lowest BCUT2D eigenvalue weighted by Crippen LogP contribution is -2.10. The maximum Gasteiger partial charge on any atom is 0.416 e. The second-order valence-corrected chi connectivity index (χ2v) is 5.77. The van der Waals surface area contributed by atoms with Crippen LogP contribution in [0.15, 0.2) is 41.1 Å². The van der Waals surface area contributed by atoms with Gasteiger partial charge < -0.3 is 0 Å². The molecule has 1 aromatic carbocycles. The third-order valence-electron chi connectivity index (χ3n) is 2.60. The van der Waals surface area contributed by atoms with E-state index >= 15 is 0 Å². The molecule has 0 fully saturated rings. The van der Waals surface area contributed by atoms with Crippen LogP contribution in [0.5, 0.6) is 0 Å². The van der Waals surface area contributed by atoms with E-state index in [1.54, 1.807) is 17.4 Å². The van der Waals surface area contributed by atoms with Gasteiger partial charge in [0.25, 0.3) is 0 Å². The van der Waals surface area contributed by atoms with Crippen molar-refractivity contribution in [2.75, 3.05) is 0 Å². The van der Waals surface area contributed by atoms with Gasteiger partial charge >= 0.3 is 6.18 Å². The molecular formula is C13H10BrF3S. The summed E-state index contributed by atoms with van der Waals surface area (Å²) in [5, 5.41) is 3.87. The number of alkyl halides is 4. The third-order valence-corrected chi connectivity index (χ3v) is 4.15. The van der Waals surface area contributed by atoms with E-state index in [0.29, 0.717) is 6.42 Å². The molecule has 2 rings (SSSR count). The van der Waals surface area contributed by atoms with Gasteiger partial charge in [-0.1, -0.05) is 34.1 Å². The zero-order valence-corrected chi connectivity index (χ0v) is 11.6. The van der Waals surface area contributed by atoms with Gasteiger partial charge in [0.15, 0.2) is 0 Å². The first kappa shape index (κ1) is 13.6. The lowest BCUT2D eigenvalue weighted by molar-refractivity contribution is -0.138. The van der Waals surface area contributed by atoms with Crippen LogP contribution in [0.3, 0.4) is 0 Å². The topological polar surface area (TPSA) is 0 Å². The molecule has 0 aliphatic heterocycles. The monoisotopic (exact) mass is 334 g/mol. The first-order chi connectivity index (χ1) is 8.48. The molecule has 18 heavy (non-hydrogen) atoms. The highest BCUT2D eigenvalue weighted by Crippen LogP contribution is 2.38. The summed E-state index contributed by atoms with van der Waals surface area (Å²) in [7, 11) is 0. The Labute approximate surface area is 116 Å². The quantitative estimate of drug-likeness (QED) is 0.655. The van der Waals surface area contributed by atoms with Gasteiger partial charge in [-0.3, -0.25) is 0 Å². The van der Waals surface area contributed by atoms with E-state index in [4.69, 9.17) is 0 Å². The third kappa shape index (κ3) is 3.14. The highest BCUT2D eigenvalue weighted by atomic mass is 79.9. The number of thiophene rings is 1. The van der Waals surface area contributed by atoms with E-state index in [1.807, 2.05) is 16.8 Å². The molecule has 96 valence electrons. The van der Waals surface area contributed by atoms with E-state index in [2.05, 4.69) is 15.9 Å². The van der Waals surface area contributed by atoms with Gasteiger partial charge in [-0.2, -0.15) is 24.5 Å². The molecule has 0 N–H and O–H groups in total. The smallest absolute Gasteiger partial charge is 0.166 e. The normalized spacial score (nSPS) is 13.6. The van der Waals surface area contributed by atoms with Crippen molar-refractivity contribution in [3.63, 3.8) is 0 Å². The molecule has 1 atom stereocenters. The van der Waals surface area contributed by atoms with Gasteiger partial charge in [-0.15, -0.1) is 0 Å². The summed E-state index contributed by atoms with van der Waals surface area (Å²) in [6, 6.07) is 7.62. The van der Waals surface area contributed by atoms with Crippen LogP contribution in [-0.2, 0) is 12.6 Å². The van der Waals surface area contributed by atoms with Crippen molar-refractivity contribution in [1.82, 2.24) is 0 Å². The largest absolute Gasteiger partial charge is 0.416 e. The maximum absolute atomic E-state index is 12.9. The van der Waals surface area contributed by atoms with Crippen LogP contribution in [0.4, 0.5) is 13.2 Å². The Bertz CT molecular complexity index is 505. The van der Waals surface area contributed by atoms with Crippen molar-refractivity contribution >= 4 is 27.3 Å². The zero-order chi connectivity index (χ0) is 13.2. The average molecular weight is 335 g/mol. The summed E-state index contributed by atoms with van der Waals surface area (Å²) in [4.78, 5) is -0.329. The Kier molecular flexibility index (Phi) is 4.12. The van der Waals surface area contributed by atoms with Crippen LogP contribution < -0.4 is 0 Å². The summed E-state index contributed by atoms with van der Waals surface area (Å²) in [6.07, 6.45) is -3.76. The van der Waals surface area contributed by atoms with Crippen molar-refractivity contribution in [2.45, 2.75) is 17.4 Å². The highest BCUT2D eigenvalue weighted by molar-refractivity contribution is 9.09. The molecule has 5 heteroatoms. The Morgan fingerprint density at radius 1 is 1.17 bits per heavy atom. The molecule has 0 radical (unpaired) electrons. The summed E-state index contributed by atoms with van der Waals surface area (Å²) in [5.41, 5.74) is 0.761. The van der Waals surface area contributed by atoms with Crippen LogP contribution in [-0.4, -0.2) is 0 Å². The molecule has 1 heterocycles. The fraction of sp³-hybridized carbons (Fsp3) is 0.231. The minimum Gasteiger partial charge on any atom is -0.166 e. The molecule has 1 unspecified atom stereocenters. The molecule has 0 saturated carbocycles. The Balaban J connectivity index is 2.27. The second-order valence-electron chi connectivity index (χ2n) is 3.89. The molecule has 0 amide bonds. The maximum atomic E-state index is 12.9. The van der Waals surface area contributed by atoms with E-state index in [0.717, 1.165) is 11.6 Å².